The summed E-state index contributed by atoms with van der Waals surface area (Å²) in [7, 11) is 1.71. The zero-order chi connectivity index (χ0) is 17.8. The number of aromatic nitrogens is 1. The molecule has 0 amide bonds. The molecule has 0 radical (unpaired) electrons. The fraction of sp³-hybridized carbons (Fsp3) is 0.0455. The summed E-state index contributed by atoms with van der Waals surface area (Å²) in [6.07, 6.45) is 1.79. The highest BCUT2D eigenvalue weighted by Gasteiger charge is 2.17. The lowest BCUT2D eigenvalue weighted by atomic mass is 9.93. The molecule has 128 valence electrons. The molecule has 3 aromatic carbocycles. The highest BCUT2D eigenvalue weighted by molar-refractivity contribution is 7.13. The van der Waals surface area contributed by atoms with Crippen molar-refractivity contribution in [1.29, 1.82) is 0 Å². The Morgan fingerprint density at radius 2 is 1.54 bits per heavy atom. The first-order valence-electron chi connectivity index (χ1n) is 8.35. The van der Waals surface area contributed by atoms with Gasteiger partial charge in [0.15, 0.2) is 10.9 Å². The topological polar surface area (TPSA) is 34.1 Å². The third-order valence-corrected chi connectivity index (χ3v) is 4.87. The molecule has 1 N–H and O–H groups in total. The van der Waals surface area contributed by atoms with Gasteiger partial charge in [-0.2, -0.15) is 0 Å². The molecule has 4 aromatic rings. The van der Waals surface area contributed by atoms with E-state index in [-0.39, 0.29) is 0 Å². The van der Waals surface area contributed by atoms with Crippen LogP contribution in [-0.4, -0.2) is 12.1 Å². The van der Waals surface area contributed by atoms with Gasteiger partial charge < -0.3 is 10.1 Å². The van der Waals surface area contributed by atoms with Crippen LogP contribution in [0.5, 0.6) is 5.75 Å². The number of thiazole rings is 1. The highest BCUT2D eigenvalue weighted by Crippen LogP contribution is 2.44. The van der Waals surface area contributed by atoms with E-state index in [0.29, 0.717) is 0 Å². The number of methoxy groups -OCH3 is 1. The van der Waals surface area contributed by atoms with Crippen molar-refractivity contribution in [2.45, 2.75) is 0 Å². The van der Waals surface area contributed by atoms with Gasteiger partial charge in [-0.1, -0.05) is 66.7 Å². The monoisotopic (exact) mass is 358 g/mol. The molecular formula is C22H18N2OS. The second kappa shape index (κ2) is 7.42. The Morgan fingerprint density at radius 1 is 0.846 bits per heavy atom. The lowest BCUT2D eigenvalue weighted by Gasteiger charge is -2.18. The lowest BCUT2D eigenvalue weighted by molar-refractivity contribution is 0.418. The lowest BCUT2D eigenvalue weighted by Crippen LogP contribution is -1.98. The van der Waals surface area contributed by atoms with E-state index in [2.05, 4.69) is 58.8 Å². The third kappa shape index (κ3) is 3.19. The number of anilines is 2. The first kappa shape index (κ1) is 16.4. The molecule has 3 nitrogen and oxygen atoms in total. The molecule has 0 aliphatic carbocycles. The van der Waals surface area contributed by atoms with Gasteiger partial charge in [0.1, 0.15) is 0 Å². The van der Waals surface area contributed by atoms with Gasteiger partial charge in [-0.25, -0.2) is 4.98 Å². The first-order chi connectivity index (χ1) is 12.9. The van der Waals surface area contributed by atoms with Crippen LogP contribution in [0.4, 0.5) is 10.8 Å². The van der Waals surface area contributed by atoms with Crippen LogP contribution in [0.1, 0.15) is 0 Å². The Kier molecular flexibility index (Phi) is 4.67. The van der Waals surface area contributed by atoms with Crippen LogP contribution in [0.3, 0.4) is 0 Å². The summed E-state index contributed by atoms with van der Waals surface area (Å²) in [5, 5.41) is 6.17. The highest BCUT2D eigenvalue weighted by atomic mass is 32.1. The molecule has 0 saturated carbocycles. The standard InChI is InChI=1S/C22H18N2OS/c1-25-21-19(24-22-23-14-15-26-22)13-12-18(16-8-4-2-5-9-16)20(21)17-10-6-3-7-11-17/h2-15H,1H3,(H,23,24). The number of nitrogens with one attached hydrogen (secondary N) is 1. The van der Waals surface area contributed by atoms with Gasteiger partial charge in [0.05, 0.1) is 12.8 Å². The molecule has 0 aliphatic rings. The van der Waals surface area contributed by atoms with Crippen molar-refractivity contribution in [2.75, 3.05) is 12.4 Å². The molecule has 0 atom stereocenters. The van der Waals surface area contributed by atoms with Crippen LogP contribution in [0.15, 0.2) is 84.4 Å². The maximum Gasteiger partial charge on any atom is 0.187 e. The van der Waals surface area contributed by atoms with Crippen LogP contribution >= 0.6 is 11.3 Å². The summed E-state index contributed by atoms with van der Waals surface area (Å²) >= 11 is 1.56. The third-order valence-electron chi connectivity index (χ3n) is 4.18. The van der Waals surface area contributed by atoms with Gasteiger partial charge in [0.25, 0.3) is 0 Å². The molecule has 1 aromatic heterocycles. The number of ether oxygens (including phenoxy) is 1. The van der Waals surface area contributed by atoms with Gasteiger partial charge in [0.2, 0.25) is 0 Å². The van der Waals surface area contributed by atoms with Gasteiger partial charge in [-0.05, 0) is 22.8 Å². The SMILES string of the molecule is COc1c(Nc2nccs2)ccc(-c2ccccc2)c1-c1ccccc1. The Balaban J connectivity index is 1.93. The zero-order valence-corrected chi connectivity index (χ0v) is 15.2. The molecule has 0 unspecified atom stereocenters. The number of benzene rings is 3. The smallest absolute Gasteiger partial charge is 0.187 e. The molecule has 26 heavy (non-hydrogen) atoms. The Labute approximate surface area is 156 Å². The quantitative estimate of drug-likeness (QED) is 0.459. The molecule has 4 rings (SSSR count). The normalized spacial score (nSPS) is 10.5. The Hall–Kier alpha value is -3.11. The van der Waals surface area contributed by atoms with Crippen molar-refractivity contribution in [3.05, 3.63) is 84.4 Å². The van der Waals surface area contributed by atoms with Crippen molar-refractivity contribution in [2.24, 2.45) is 0 Å². The fourth-order valence-corrected chi connectivity index (χ4v) is 3.58. The second-order valence-corrected chi connectivity index (χ2v) is 6.66. The van der Waals surface area contributed by atoms with Crippen molar-refractivity contribution < 1.29 is 4.74 Å². The van der Waals surface area contributed by atoms with Crippen molar-refractivity contribution in [3.63, 3.8) is 0 Å². The maximum atomic E-state index is 5.86. The fourth-order valence-electron chi connectivity index (χ4n) is 3.04. The number of hydrogen-bond donors (Lipinski definition) is 1. The van der Waals surface area contributed by atoms with Gasteiger partial charge in [-0.15, -0.1) is 11.3 Å². The van der Waals surface area contributed by atoms with Crippen LogP contribution in [-0.2, 0) is 0 Å². The predicted molar refractivity (Wildman–Crippen MR) is 109 cm³/mol. The summed E-state index contributed by atoms with van der Waals surface area (Å²) in [6.45, 7) is 0. The van der Waals surface area contributed by atoms with Crippen LogP contribution in [0.25, 0.3) is 22.3 Å². The number of hydrogen-bond acceptors (Lipinski definition) is 4. The molecular weight excluding hydrogens is 340 g/mol. The molecule has 4 heteroatoms. The van der Waals surface area contributed by atoms with E-state index in [1.165, 1.54) is 0 Å². The van der Waals surface area contributed by atoms with E-state index >= 15 is 0 Å². The van der Waals surface area contributed by atoms with Crippen LogP contribution in [0.2, 0.25) is 0 Å². The average Bonchev–Trinajstić information content (AvgIpc) is 3.22. The number of rotatable bonds is 5. The molecule has 0 saturated heterocycles. The van der Waals surface area contributed by atoms with Crippen LogP contribution in [0, 0.1) is 0 Å². The minimum Gasteiger partial charge on any atom is -0.494 e. The van der Waals surface area contributed by atoms with Gasteiger partial charge in [0, 0.05) is 17.1 Å². The summed E-state index contributed by atoms with van der Waals surface area (Å²) in [6, 6.07) is 24.9. The van der Waals surface area contributed by atoms with E-state index in [1.54, 1.807) is 24.6 Å². The van der Waals surface area contributed by atoms with E-state index < -0.39 is 0 Å². The predicted octanol–water partition coefficient (Wildman–Crippen LogP) is 6.23. The van der Waals surface area contributed by atoms with E-state index in [4.69, 9.17) is 4.74 Å². The minimum atomic E-state index is 0.813. The van der Waals surface area contributed by atoms with Crippen molar-refractivity contribution >= 4 is 22.2 Å². The summed E-state index contributed by atoms with van der Waals surface area (Å²) < 4.78 is 5.86. The first-order valence-corrected chi connectivity index (χ1v) is 9.23. The molecule has 0 bridgehead atoms. The molecule has 0 fully saturated rings. The van der Waals surface area contributed by atoms with Crippen molar-refractivity contribution in [1.82, 2.24) is 4.98 Å². The van der Waals surface area contributed by atoms with Gasteiger partial charge in [-0.3, -0.25) is 0 Å². The number of nitrogens with zero attached hydrogens (tertiary/aromatic N) is 1. The summed E-state index contributed by atoms with van der Waals surface area (Å²) in [5.41, 5.74) is 5.39. The van der Waals surface area contributed by atoms with E-state index in [1.807, 2.05) is 29.6 Å². The van der Waals surface area contributed by atoms with Crippen molar-refractivity contribution in [3.8, 4) is 28.0 Å². The average molecular weight is 358 g/mol. The summed E-state index contributed by atoms with van der Waals surface area (Å²) in [4.78, 5) is 4.32. The molecule has 1 heterocycles. The largest absolute Gasteiger partial charge is 0.494 e. The Bertz CT molecular complexity index is 984. The molecule has 0 aliphatic heterocycles. The Morgan fingerprint density at radius 3 is 2.15 bits per heavy atom. The summed E-state index contributed by atoms with van der Waals surface area (Å²) in [5.74, 6) is 0.813. The maximum absolute atomic E-state index is 5.86. The van der Waals surface area contributed by atoms with E-state index in [9.17, 15) is 0 Å². The second-order valence-electron chi connectivity index (χ2n) is 5.76. The van der Waals surface area contributed by atoms with Crippen LogP contribution < -0.4 is 10.1 Å². The molecule has 0 spiro atoms. The van der Waals surface area contributed by atoms with E-state index in [0.717, 1.165) is 38.8 Å². The minimum absolute atomic E-state index is 0.813. The zero-order valence-electron chi connectivity index (χ0n) is 14.3. The van der Waals surface area contributed by atoms with Gasteiger partial charge >= 0.3 is 0 Å².